The number of rotatable bonds is 3. The van der Waals surface area contributed by atoms with E-state index in [0.29, 0.717) is 24.1 Å². The molecule has 1 aliphatic heterocycles. The third kappa shape index (κ3) is 3.36. The zero-order valence-electron chi connectivity index (χ0n) is 13.5. The Balaban J connectivity index is 1.82. The number of fused-ring (bicyclic) bond motifs is 1. The molecule has 1 aromatic rings. The van der Waals surface area contributed by atoms with Crippen molar-refractivity contribution in [1.82, 2.24) is 5.32 Å². The van der Waals surface area contributed by atoms with Crippen LogP contribution in [0.1, 0.15) is 43.4 Å². The maximum absolute atomic E-state index is 14.5. The number of aliphatic hydroxyl groups is 1. The van der Waals surface area contributed by atoms with Gasteiger partial charge in [0.2, 0.25) is 5.91 Å². The van der Waals surface area contributed by atoms with Crippen LogP contribution < -0.4 is 10.2 Å². The molecule has 0 spiro atoms. The number of hydrogen-bond acceptors (Lipinski definition) is 4. The highest BCUT2D eigenvalue weighted by Crippen LogP contribution is 2.34. The SMILES string of the molecule is CC(=O)NC[C@H]1CN(c2cc(F)c3c(c2)CCCCC3O)C(=O)O1. The number of ether oxygens (including phenoxy) is 1. The molecular weight excluding hydrogens is 315 g/mol. The topological polar surface area (TPSA) is 78.9 Å². The minimum atomic E-state index is -0.797. The highest BCUT2D eigenvalue weighted by molar-refractivity contribution is 5.90. The molecule has 1 heterocycles. The van der Waals surface area contributed by atoms with Gasteiger partial charge in [-0.15, -0.1) is 0 Å². The summed E-state index contributed by atoms with van der Waals surface area (Å²) in [6.45, 7) is 1.87. The van der Waals surface area contributed by atoms with Crippen molar-refractivity contribution in [1.29, 1.82) is 0 Å². The quantitative estimate of drug-likeness (QED) is 0.828. The molecule has 24 heavy (non-hydrogen) atoms. The van der Waals surface area contributed by atoms with Crippen LogP contribution in [0, 0.1) is 5.82 Å². The maximum atomic E-state index is 14.5. The van der Waals surface area contributed by atoms with Crippen molar-refractivity contribution in [3.63, 3.8) is 0 Å². The van der Waals surface area contributed by atoms with Crippen LogP contribution in [0.2, 0.25) is 0 Å². The molecule has 2 atom stereocenters. The molecule has 0 aromatic heterocycles. The fraction of sp³-hybridized carbons (Fsp3) is 0.529. The molecule has 7 heteroatoms. The predicted octanol–water partition coefficient (Wildman–Crippen LogP) is 2.05. The van der Waals surface area contributed by atoms with Gasteiger partial charge in [-0.1, -0.05) is 6.42 Å². The number of nitrogens with one attached hydrogen (secondary N) is 1. The van der Waals surface area contributed by atoms with E-state index in [1.54, 1.807) is 6.07 Å². The van der Waals surface area contributed by atoms with E-state index in [4.69, 9.17) is 4.74 Å². The van der Waals surface area contributed by atoms with Gasteiger partial charge in [0.1, 0.15) is 11.9 Å². The fourth-order valence-electron chi connectivity index (χ4n) is 3.29. The predicted molar refractivity (Wildman–Crippen MR) is 85.2 cm³/mol. The Kier molecular flexibility index (Phi) is 4.71. The minimum Gasteiger partial charge on any atom is -0.442 e. The van der Waals surface area contributed by atoms with Gasteiger partial charge < -0.3 is 15.2 Å². The summed E-state index contributed by atoms with van der Waals surface area (Å²) in [5.41, 5.74) is 1.52. The zero-order valence-corrected chi connectivity index (χ0v) is 13.5. The Bertz CT molecular complexity index is 664. The van der Waals surface area contributed by atoms with E-state index in [0.717, 1.165) is 18.4 Å². The van der Waals surface area contributed by atoms with E-state index in [1.165, 1.54) is 17.9 Å². The molecule has 2 amide bonds. The zero-order chi connectivity index (χ0) is 17.3. The van der Waals surface area contributed by atoms with E-state index < -0.39 is 24.1 Å². The molecule has 0 saturated carbocycles. The number of anilines is 1. The third-order valence-electron chi connectivity index (χ3n) is 4.47. The van der Waals surface area contributed by atoms with E-state index in [1.807, 2.05) is 0 Å². The first-order chi connectivity index (χ1) is 11.5. The Morgan fingerprint density at radius 3 is 3.00 bits per heavy atom. The molecule has 130 valence electrons. The van der Waals surface area contributed by atoms with Gasteiger partial charge in [0.15, 0.2) is 0 Å². The Labute approximate surface area is 139 Å². The lowest BCUT2D eigenvalue weighted by Gasteiger charge is -2.18. The van der Waals surface area contributed by atoms with Crippen LogP contribution in [0.25, 0.3) is 0 Å². The summed E-state index contributed by atoms with van der Waals surface area (Å²) in [6, 6.07) is 3.03. The van der Waals surface area contributed by atoms with E-state index in [9.17, 15) is 19.1 Å². The van der Waals surface area contributed by atoms with Crippen molar-refractivity contribution in [2.24, 2.45) is 0 Å². The smallest absolute Gasteiger partial charge is 0.414 e. The molecule has 2 aliphatic rings. The summed E-state index contributed by atoms with van der Waals surface area (Å²) in [7, 11) is 0. The number of cyclic esters (lactones) is 1. The molecule has 1 saturated heterocycles. The van der Waals surface area contributed by atoms with Crippen molar-refractivity contribution < 1.29 is 23.8 Å². The lowest BCUT2D eigenvalue weighted by molar-refractivity contribution is -0.119. The molecule has 1 unspecified atom stereocenters. The summed E-state index contributed by atoms with van der Waals surface area (Å²) in [5, 5.41) is 12.7. The maximum Gasteiger partial charge on any atom is 0.414 e. The number of benzene rings is 1. The highest BCUT2D eigenvalue weighted by atomic mass is 19.1. The average Bonchev–Trinajstić information content (AvgIpc) is 2.78. The molecule has 3 rings (SSSR count). The van der Waals surface area contributed by atoms with Gasteiger partial charge in [0.25, 0.3) is 0 Å². The molecule has 6 nitrogen and oxygen atoms in total. The second-order valence-electron chi connectivity index (χ2n) is 6.32. The van der Waals surface area contributed by atoms with E-state index >= 15 is 0 Å². The number of nitrogens with zero attached hydrogens (tertiary/aromatic N) is 1. The first kappa shape index (κ1) is 16.7. The van der Waals surface area contributed by atoms with Gasteiger partial charge in [0, 0.05) is 12.5 Å². The molecule has 1 fully saturated rings. The summed E-state index contributed by atoms with van der Waals surface area (Å²) < 4.78 is 19.7. The van der Waals surface area contributed by atoms with Crippen LogP contribution in [0.4, 0.5) is 14.9 Å². The van der Waals surface area contributed by atoms with Gasteiger partial charge in [-0.05, 0) is 37.0 Å². The number of aryl methyl sites for hydroxylation is 1. The highest BCUT2D eigenvalue weighted by Gasteiger charge is 2.33. The van der Waals surface area contributed by atoms with Gasteiger partial charge in [0.05, 0.1) is 24.9 Å². The van der Waals surface area contributed by atoms with Gasteiger partial charge in [-0.3, -0.25) is 9.69 Å². The van der Waals surface area contributed by atoms with E-state index in [2.05, 4.69) is 5.32 Å². The van der Waals surface area contributed by atoms with Crippen molar-refractivity contribution in [3.05, 3.63) is 29.1 Å². The normalized spacial score (nSPS) is 23.5. The monoisotopic (exact) mass is 336 g/mol. The van der Waals surface area contributed by atoms with Crippen molar-refractivity contribution in [2.45, 2.75) is 44.8 Å². The second-order valence-corrected chi connectivity index (χ2v) is 6.32. The Morgan fingerprint density at radius 1 is 1.46 bits per heavy atom. The molecular formula is C17H21FN2O4. The number of aliphatic hydroxyl groups excluding tert-OH is 1. The molecule has 1 aromatic carbocycles. The van der Waals surface area contributed by atoms with Crippen molar-refractivity contribution in [2.75, 3.05) is 18.0 Å². The molecule has 0 bridgehead atoms. The average molecular weight is 336 g/mol. The van der Waals surface area contributed by atoms with E-state index in [-0.39, 0.29) is 19.0 Å². The number of halogens is 1. The van der Waals surface area contributed by atoms with Crippen LogP contribution in [0.5, 0.6) is 0 Å². The Hall–Kier alpha value is -2.15. The summed E-state index contributed by atoms with van der Waals surface area (Å²) in [4.78, 5) is 24.4. The first-order valence-corrected chi connectivity index (χ1v) is 8.18. The molecule has 1 aliphatic carbocycles. The lowest BCUT2D eigenvalue weighted by Crippen LogP contribution is -2.33. The van der Waals surface area contributed by atoms with Crippen molar-refractivity contribution in [3.8, 4) is 0 Å². The van der Waals surface area contributed by atoms with Gasteiger partial charge in [-0.25, -0.2) is 9.18 Å². The van der Waals surface area contributed by atoms with Gasteiger partial charge in [-0.2, -0.15) is 0 Å². The van der Waals surface area contributed by atoms with Crippen LogP contribution in [-0.4, -0.2) is 36.3 Å². The summed E-state index contributed by atoms with van der Waals surface area (Å²) >= 11 is 0. The van der Waals surface area contributed by atoms with Crippen molar-refractivity contribution >= 4 is 17.7 Å². The number of hydrogen-bond donors (Lipinski definition) is 2. The molecule has 2 N–H and O–H groups in total. The standard InChI is InChI=1S/C17H21FN2O4/c1-10(21)19-8-13-9-20(17(23)24-13)12-6-11-4-2-3-5-15(22)16(11)14(18)7-12/h6-7,13,15,22H,2-5,8-9H2,1H3,(H,19,21)/t13-,15?/m0/s1. The molecule has 0 radical (unpaired) electrons. The number of carbonyl (C=O) groups excluding carboxylic acids is 2. The lowest BCUT2D eigenvalue weighted by atomic mass is 9.99. The summed E-state index contributed by atoms with van der Waals surface area (Å²) in [5.74, 6) is -0.690. The first-order valence-electron chi connectivity index (χ1n) is 8.18. The number of amides is 2. The van der Waals surface area contributed by atoms with Crippen LogP contribution in [0.3, 0.4) is 0 Å². The fourth-order valence-corrected chi connectivity index (χ4v) is 3.29. The largest absolute Gasteiger partial charge is 0.442 e. The van der Waals surface area contributed by atoms with Crippen LogP contribution in [-0.2, 0) is 16.0 Å². The Morgan fingerprint density at radius 2 is 2.25 bits per heavy atom. The summed E-state index contributed by atoms with van der Waals surface area (Å²) in [6.07, 6.45) is 1.13. The minimum absolute atomic E-state index is 0.199. The second kappa shape index (κ2) is 6.76. The van der Waals surface area contributed by atoms with Crippen LogP contribution in [0.15, 0.2) is 12.1 Å². The third-order valence-corrected chi connectivity index (χ3v) is 4.47. The van der Waals surface area contributed by atoms with Crippen LogP contribution >= 0.6 is 0 Å². The number of carbonyl (C=O) groups is 2. The van der Waals surface area contributed by atoms with Gasteiger partial charge >= 0.3 is 6.09 Å².